The topological polar surface area (TPSA) is 28.1 Å². The number of allylic oxidation sites excluding steroid dienone is 1. The zero-order chi connectivity index (χ0) is 18.2. The van der Waals surface area contributed by atoms with Gasteiger partial charge >= 0.3 is 0 Å². The average Bonchev–Trinajstić information content (AvgIpc) is 2.68. The first-order valence-electron chi connectivity index (χ1n) is 8.80. The van der Waals surface area contributed by atoms with Gasteiger partial charge in [0.15, 0.2) is 0 Å². The third-order valence-corrected chi connectivity index (χ3v) is 4.80. The van der Waals surface area contributed by atoms with Crippen molar-refractivity contribution in [3.05, 3.63) is 70.8 Å². The molecular formula is C21H24ClN3O. The Balaban J connectivity index is 1.47. The maximum atomic E-state index is 6.25. The standard InChI is InChI=1S/C21H24ClN3O/c1-26-21-11-5-3-7-18(21)9-6-12-23-25-15-13-24(14-16-25)17-19-8-2-4-10-20(19)22/h2-12H,13-17H2,1H3/b9-6+,23-12+. The van der Waals surface area contributed by atoms with Gasteiger partial charge in [0.25, 0.3) is 0 Å². The third kappa shape index (κ3) is 5.10. The highest BCUT2D eigenvalue weighted by Gasteiger charge is 2.16. The van der Waals surface area contributed by atoms with Crippen LogP contribution >= 0.6 is 11.6 Å². The summed E-state index contributed by atoms with van der Waals surface area (Å²) in [5.74, 6) is 0.866. The Bertz CT molecular complexity index is 767. The minimum absolute atomic E-state index is 0.842. The molecular weight excluding hydrogens is 346 g/mol. The number of halogens is 1. The Hall–Kier alpha value is -2.30. The quantitative estimate of drug-likeness (QED) is 0.715. The van der Waals surface area contributed by atoms with Crippen molar-refractivity contribution < 1.29 is 4.74 Å². The lowest BCUT2D eigenvalue weighted by molar-refractivity contribution is 0.131. The largest absolute Gasteiger partial charge is 0.496 e. The SMILES string of the molecule is COc1ccccc1/C=C/C=N/N1CCN(Cc2ccccc2Cl)CC1. The van der Waals surface area contributed by atoms with Crippen LogP contribution in [0.4, 0.5) is 0 Å². The second kappa shape index (κ2) is 9.41. The van der Waals surface area contributed by atoms with Crippen LogP contribution in [-0.4, -0.2) is 49.4 Å². The van der Waals surface area contributed by atoms with Gasteiger partial charge in [0.1, 0.15) is 5.75 Å². The van der Waals surface area contributed by atoms with Crippen molar-refractivity contribution in [2.45, 2.75) is 6.54 Å². The second-order valence-corrected chi connectivity index (χ2v) is 6.59. The van der Waals surface area contributed by atoms with E-state index >= 15 is 0 Å². The molecule has 1 heterocycles. The van der Waals surface area contributed by atoms with E-state index in [1.54, 1.807) is 7.11 Å². The number of methoxy groups -OCH3 is 1. The predicted molar refractivity (Wildman–Crippen MR) is 109 cm³/mol. The van der Waals surface area contributed by atoms with E-state index in [-0.39, 0.29) is 0 Å². The molecule has 0 spiro atoms. The van der Waals surface area contributed by atoms with Gasteiger partial charge in [0.2, 0.25) is 0 Å². The van der Waals surface area contributed by atoms with Gasteiger partial charge in [-0.15, -0.1) is 0 Å². The minimum atomic E-state index is 0.842. The van der Waals surface area contributed by atoms with Crippen LogP contribution in [0.15, 0.2) is 59.7 Å². The number of para-hydroxylation sites is 1. The highest BCUT2D eigenvalue weighted by molar-refractivity contribution is 6.31. The van der Waals surface area contributed by atoms with Crippen LogP contribution in [0.25, 0.3) is 6.08 Å². The summed E-state index contributed by atoms with van der Waals surface area (Å²) in [7, 11) is 1.68. The van der Waals surface area contributed by atoms with Crippen molar-refractivity contribution in [3.63, 3.8) is 0 Å². The van der Waals surface area contributed by atoms with Crippen molar-refractivity contribution in [1.82, 2.24) is 9.91 Å². The molecule has 4 nitrogen and oxygen atoms in total. The molecule has 0 N–H and O–H groups in total. The molecule has 2 aromatic carbocycles. The van der Waals surface area contributed by atoms with Crippen LogP contribution in [0.3, 0.4) is 0 Å². The molecule has 1 fully saturated rings. The summed E-state index contributed by atoms with van der Waals surface area (Å²) in [6.45, 7) is 4.70. The Morgan fingerprint density at radius 2 is 1.77 bits per heavy atom. The highest BCUT2D eigenvalue weighted by Crippen LogP contribution is 2.19. The summed E-state index contributed by atoms with van der Waals surface area (Å²) in [6.07, 6.45) is 5.81. The predicted octanol–water partition coefficient (Wildman–Crippen LogP) is 4.17. The number of rotatable bonds is 6. The Morgan fingerprint density at radius 3 is 2.54 bits per heavy atom. The summed E-state index contributed by atoms with van der Waals surface area (Å²) in [4.78, 5) is 2.41. The first kappa shape index (κ1) is 18.5. The molecule has 0 radical (unpaired) electrons. The van der Waals surface area contributed by atoms with Crippen LogP contribution in [0, 0.1) is 0 Å². The smallest absolute Gasteiger partial charge is 0.126 e. The second-order valence-electron chi connectivity index (χ2n) is 6.19. The van der Waals surface area contributed by atoms with Crippen LogP contribution in [0.2, 0.25) is 5.02 Å². The van der Waals surface area contributed by atoms with Gasteiger partial charge in [-0.25, -0.2) is 0 Å². The van der Waals surface area contributed by atoms with E-state index in [0.717, 1.165) is 49.1 Å². The van der Waals surface area contributed by atoms with Crippen molar-refractivity contribution in [1.29, 1.82) is 0 Å². The number of nitrogens with zero attached hydrogens (tertiary/aromatic N) is 3. The third-order valence-electron chi connectivity index (χ3n) is 4.43. The van der Waals surface area contributed by atoms with Crippen molar-refractivity contribution >= 4 is 23.9 Å². The van der Waals surface area contributed by atoms with E-state index in [4.69, 9.17) is 16.3 Å². The first-order valence-corrected chi connectivity index (χ1v) is 9.18. The highest BCUT2D eigenvalue weighted by atomic mass is 35.5. The van der Waals surface area contributed by atoms with E-state index in [0.29, 0.717) is 0 Å². The molecule has 2 aromatic rings. The number of piperazine rings is 1. The van der Waals surface area contributed by atoms with Crippen LogP contribution in [0.1, 0.15) is 11.1 Å². The molecule has 0 aromatic heterocycles. The van der Waals surface area contributed by atoms with Gasteiger partial charge in [-0.05, 0) is 29.8 Å². The minimum Gasteiger partial charge on any atom is -0.496 e. The van der Waals surface area contributed by atoms with E-state index in [1.807, 2.05) is 60.8 Å². The van der Waals surface area contributed by atoms with Gasteiger partial charge in [-0.2, -0.15) is 5.10 Å². The monoisotopic (exact) mass is 369 g/mol. The fraction of sp³-hybridized carbons (Fsp3) is 0.286. The lowest BCUT2D eigenvalue weighted by atomic mass is 10.2. The molecule has 1 aliphatic heterocycles. The summed E-state index contributed by atoms with van der Waals surface area (Å²) in [5.41, 5.74) is 2.23. The van der Waals surface area contributed by atoms with Gasteiger partial charge in [0.05, 0.1) is 7.11 Å². The maximum absolute atomic E-state index is 6.25. The lowest BCUT2D eigenvalue weighted by Gasteiger charge is -2.33. The molecule has 5 heteroatoms. The molecule has 0 saturated carbocycles. The molecule has 26 heavy (non-hydrogen) atoms. The van der Waals surface area contributed by atoms with Crippen LogP contribution in [0.5, 0.6) is 5.75 Å². The fourth-order valence-electron chi connectivity index (χ4n) is 2.96. The lowest BCUT2D eigenvalue weighted by Crippen LogP contribution is -2.43. The average molecular weight is 370 g/mol. The molecule has 3 rings (SSSR count). The summed E-state index contributed by atoms with van der Waals surface area (Å²) in [6, 6.07) is 16.0. The molecule has 0 amide bonds. The zero-order valence-corrected chi connectivity index (χ0v) is 15.8. The van der Waals surface area contributed by atoms with E-state index in [2.05, 4.69) is 21.1 Å². The molecule has 0 bridgehead atoms. The number of benzene rings is 2. The Labute approximate surface area is 160 Å². The first-order chi connectivity index (χ1) is 12.8. The fourth-order valence-corrected chi connectivity index (χ4v) is 3.16. The summed E-state index contributed by atoms with van der Waals surface area (Å²) >= 11 is 6.25. The van der Waals surface area contributed by atoms with Gasteiger partial charge in [-0.1, -0.05) is 48.0 Å². The molecule has 0 atom stereocenters. The van der Waals surface area contributed by atoms with Crippen molar-refractivity contribution in [2.24, 2.45) is 5.10 Å². The Morgan fingerprint density at radius 1 is 1.04 bits per heavy atom. The number of hydrogen-bond acceptors (Lipinski definition) is 4. The van der Waals surface area contributed by atoms with Crippen LogP contribution in [-0.2, 0) is 6.54 Å². The summed E-state index contributed by atoms with van der Waals surface area (Å²) < 4.78 is 5.34. The van der Waals surface area contributed by atoms with E-state index in [9.17, 15) is 0 Å². The molecule has 136 valence electrons. The number of ether oxygens (including phenoxy) is 1. The van der Waals surface area contributed by atoms with Gasteiger partial charge in [0, 0.05) is 49.5 Å². The van der Waals surface area contributed by atoms with Crippen molar-refractivity contribution in [2.75, 3.05) is 33.3 Å². The summed E-state index contributed by atoms with van der Waals surface area (Å²) in [5, 5.41) is 7.49. The number of hydrazone groups is 1. The molecule has 1 aliphatic rings. The Kier molecular flexibility index (Phi) is 6.69. The molecule has 0 aliphatic carbocycles. The van der Waals surface area contributed by atoms with Gasteiger partial charge < -0.3 is 4.74 Å². The molecule has 1 saturated heterocycles. The molecule has 0 unspecified atom stereocenters. The normalized spacial score (nSPS) is 15.8. The van der Waals surface area contributed by atoms with Gasteiger partial charge in [-0.3, -0.25) is 9.91 Å². The number of hydrogen-bond donors (Lipinski definition) is 0. The van der Waals surface area contributed by atoms with Crippen molar-refractivity contribution in [3.8, 4) is 5.75 Å². The maximum Gasteiger partial charge on any atom is 0.126 e. The van der Waals surface area contributed by atoms with Crippen LogP contribution < -0.4 is 4.74 Å². The van der Waals surface area contributed by atoms with E-state index < -0.39 is 0 Å². The van der Waals surface area contributed by atoms with E-state index in [1.165, 1.54) is 5.56 Å². The zero-order valence-electron chi connectivity index (χ0n) is 15.0.